The van der Waals surface area contributed by atoms with Crippen LogP contribution in [0, 0.1) is 0 Å². The molecule has 0 aliphatic carbocycles. The van der Waals surface area contributed by atoms with Gasteiger partial charge in [-0.15, -0.1) is 0 Å². The molecule has 2 aromatic rings. The van der Waals surface area contributed by atoms with Crippen LogP contribution in [0.25, 0.3) is 10.9 Å². The number of aryl methyl sites for hydroxylation is 1. The molecule has 2 heterocycles. The van der Waals surface area contributed by atoms with Gasteiger partial charge < -0.3 is 5.32 Å². The minimum absolute atomic E-state index is 0.454. The van der Waals surface area contributed by atoms with Crippen molar-refractivity contribution >= 4 is 22.5 Å². The van der Waals surface area contributed by atoms with Crippen LogP contribution < -0.4 is 5.32 Å². The third-order valence-corrected chi connectivity index (χ3v) is 3.57. The Labute approximate surface area is 99.4 Å². The summed E-state index contributed by atoms with van der Waals surface area (Å²) in [4.78, 5) is 0. The molecule has 3 rings (SSSR count). The third kappa shape index (κ3) is 1.43. The van der Waals surface area contributed by atoms with Gasteiger partial charge in [-0.1, -0.05) is 23.7 Å². The number of hydrogen-bond acceptors (Lipinski definition) is 2. The smallest absolute Gasteiger partial charge is 0.158 e. The highest BCUT2D eigenvalue weighted by atomic mass is 35.5. The lowest BCUT2D eigenvalue weighted by Crippen LogP contribution is -2.13. The van der Waals surface area contributed by atoms with Crippen LogP contribution in [-0.2, 0) is 7.05 Å². The number of fused-ring (bicyclic) bond motifs is 1. The van der Waals surface area contributed by atoms with Crippen LogP contribution in [0.3, 0.4) is 0 Å². The quantitative estimate of drug-likeness (QED) is 0.824. The Morgan fingerprint density at radius 1 is 1.50 bits per heavy atom. The maximum absolute atomic E-state index is 6.10. The molecule has 0 amide bonds. The maximum Gasteiger partial charge on any atom is 0.158 e. The van der Waals surface area contributed by atoms with E-state index >= 15 is 0 Å². The van der Waals surface area contributed by atoms with E-state index in [9.17, 15) is 0 Å². The van der Waals surface area contributed by atoms with Gasteiger partial charge in [0.2, 0.25) is 0 Å². The highest BCUT2D eigenvalue weighted by Crippen LogP contribution is 2.32. The topological polar surface area (TPSA) is 29.9 Å². The monoisotopic (exact) mass is 235 g/mol. The molecule has 0 bridgehead atoms. The van der Waals surface area contributed by atoms with E-state index in [1.807, 2.05) is 17.8 Å². The zero-order valence-corrected chi connectivity index (χ0v) is 9.96. The highest BCUT2D eigenvalue weighted by molar-refractivity contribution is 6.34. The van der Waals surface area contributed by atoms with Crippen LogP contribution in [0.15, 0.2) is 18.2 Å². The van der Waals surface area contributed by atoms with Gasteiger partial charge >= 0.3 is 0 Å². The van der Waals surface area contributed by atoms with E-state index in [2.05, 4.69) is 22.5 Å². The van der Waals surface area contributed by atoms with Gasteiger partial charge in [0, 0.05) is 18.5 Å². The van der Waals surface area contributed by atoms with E-state index in [-0.39, 0.29) is 0 Å². The predicted molar refractivity (Wildman–Crippen MR) is 65.7 cm³/mol. The summed E-state index contributed by atoms with van der Waals surface area (Å²) >= 11 is 6.10. The predicted octanol–water partition coefficient (Wildman–Crippen LogP) is 2.65. The van der Waals surface area contributed by atoms with Gasteiger partial charge in [-0.3, -0.25) is 4.68 Å². The Hall–Kier alpha value is -1.06. The lowest BCUT2D eigenvalue weighted by atomic mass is 10.0. The number of aromatic nitrogens is 2. The van der Waals surface area contributed by atoms with Crippen LogP contribution in [0.1, 0.15) is 24.4 Å². The minimum Gasteiger partial charge on any atom is -0.310 e. The second-order valence-electron chi connectivity index (χ2n) is 4.31. The number of nitrogens with zero attached hydrogens (tertiary/aromatic N) is 2. The normalized spacial score (nSPS) is 20.8. The fourth-order valence-electron chi connectivity index (χ4n) is 2.56. The Morgan fingerprint density at radius 3 is 3.12 bits per heavy atom. The number of hydrogen-bond donors (Lipinski definition) is 1. The van der Waals surface area contributed by atoms with Crippen molar-refractivity contribution in [3.8, 4) is 0 Å². The Bertz CT molecular complexity index is 526. The fraction of sp³-hybridized carbons (Fsp3) is 0.417. The molecule has 84 valence electrons. The molecule has 0 spiro atoms. The lowest BCUT2D eigenvalue weighted by molar-refractivity contribution is 0.646. The van der Waals surface area contributed by atoms with Gasteiger partial charge in [-0.2, -0.15) is 5.10 Å². The Kier molecular flexibility index (Phi) is 2.37. The van der Waals surface area contributed by atoms with Crippen LogP contribution in [0.4, 0.5) is 0 Å². The van der Waals surface area contributed by atoms with Crippen molar-refractivity contribution in [3.05, 3.63) is 28.9 Å². The van der Waals surface area contributed by atoms with Crippen molar-refractivity contribution in [1.82, 2.24) is 15.1 Å². The number of nitrogens with one attached hydrogen (secondary N) is 1. The number of halogens is 1. The second kappa shape index (κ2) is 3.75. The van der Waals surface area contributed by atoms with Crippen LogP contribution in [-0.4, -0.2) is 16.3 Å². The van der Waals surface area contributed by atoms with E-state index in [0.717, 1.165) is 17.4 Å². The lowest BCUT2D eigenvalue weighted by Gasteiger charge is -2.12. The molecule has 1 aliphatic rings. The Morgan fingerprint density at radius 2 is 2.38 bits per heavy atom. The molecule has 3 nitrogen and oxygen atoms in total. The number of para-hydroxylation sites is 1. The van der Waals surface area contributed by atoms with E-state index in [1.165, 1.54) is 18.4 Å². The first-order chi connectivity index (χ1) is 7.77. The van der Waals surface area contributed by atoms with Crippen molar-refractivity contribution in [2.45, 2.75) is 18.9 Å². The molecule has 0 radical (unpaired) electrons. The first-order valence-electron chi connectivity index (χ1n) is 5.62. The zero-order chi connectivity index (χ0) is 11.1. The molecule has 1 aliphatic heterocycles. The van der Waals surface area contributed by atoms with Crippen LogP contribution >= 0.6 is 11.6 Å². The summed E-state index contributed by atoms with van der Waals surface area (Å²) < 4.78 is 1.88. The van der Waals surface area contributed by atoms with Gasteiger partial charge in [0.25, 0.3) is 0 Å². The van der Waals surface area contributed by atoms with Crippen molar-refractivity contribution in [3.63, 3.8) is 0 Å². The third-order valence-electron chi connectivity index (χ3n) is 3.29. The molecular weight excluding hydrogens is 222 g/mol. The highest BCUT2D eigenvalue weighted by Gasteiger charge is 2.20. The van der Waals surface area contributed by atoms with Gasteiger partial charge in [0.05, 0.1) is 5.52 Å². The first kappa shape index (κ1) is 10.1. The van der Waals surface area contributed by atoms with Crippen molar-refractivity contribution in [2.75, 3.05) is 6.54 Å². The summed E-state index contributed by atoms with van der Waals surface area (Å²) in [5, 5.41) is 9.44. The summed E-state index contributed by atoms with van der Waals surface area (Å²) in [5.74, 6) is 0. The van der Waals surface area contributed by atoms with Gasteiger partial charge in [-0.05, 0) is 31.0 Å². The molecule has 4 heteroatoms. The molecule has 1 N–H and O–H groups in total. The van der Waals surface area contributed by atoms with Crippen molar-refractivity contribution in [2.24, 2.45) is 7.05 Å². The largest absolute Gasteiger partial charge is 0.310 e. The van der Waals surface area contributed by atoms with E-state index in [0.29, 0.717) is 11.2 Å². The SMILES string of the molecule is Cn1nc(Cl)c2cccc(C3CCCN3)c21. The number of benzene rings is 1. The maximum atomic E-state index is 6.10. The number of rotatable bonds is 1. The molecule has 1 atom stereocenters. The summed E-state index contributed by atoms with van der Waals surface area (Å²) in [5.41, 5.74) is 2.48. The average molecular weight is 236 g/mol. The average Bonchev–Trinajstić information content (AvgIpc) is 2.88. The van der Waals surface area contributed by atoms with Crippen LogP contribution in [0.2, 0.25) is 5.15 Å². The molecule has 16 heavy (non-hydrogen) atoms. The Balaban J connectivity index is 2.23. The first-order valence-corrected chi connectivity index (χ1v) is 5.99. The summed E-state index contributed by atoms with van der Waals surface area (Å²) in [6, 6.07) is 6.72. The van der Waals surface area contributed by atoms with Gasteiger partial charge in [0.1, 0.15) is 0 Å². The van der Waals surface area contributed by atoms with Gasteiger partial charge in [-0.25, -0.2) is 0 Å². The van der Waals surface area contributed by atoms with Crippen molar-refractivity contribution < 1.29 is 0 Å². The summed E-state index contributed by atoms with van der Waals surface area (Å²) in [6.45, 7) is 1.10. The van der Waals surface area contributed by atoms with E-state index in [1.54, 1.807) is 0 Å². The molecule has 1 saturated heterocycles. The molecule has 0 saturated carbocycles. The fourth-order valence-corrected chi connectivity index (χ4v) is 2.82. The van der Waals surface area contributed by atoms with E-state index in [4.69, 9.17) is 11.6 Å². The van der Waals surface area contributed by atoms with E-state index < -0.39 is 0 Å². The summed E-state index contributed by atoms with van der Waals surface area (Å²) in [6.07, 6.45) is 2.44. The van der Waals surface area contributed by atoms with Gasteiger partial charge in [0.15, 0.2) is 5.15 Å². The second-order valence-corrected chi connectivity index (χ2v) is 4.66. The minimum atomic E-state index is 0.454. The van der Waals surface area contributed by atoms with Crippen molar-refractivity contribution in [1.29, 1.82) is 0 Å². The molecule has 1 fully saturated rings. The molecule has 1 aromatic heterocycles. The standard InChI is InChI=1S/C12H14ClN3/c1-16-11-8(10-6-3-7-14-10)4-2-5-9(11)12(13)15-16/h2,4-5,10,14H,3,6-7H2,1H3. The van der Waals surface area contributed by atoms with Crippen LogP contribution in [0.5, 0.6) is 0 Å². The molecule has 1 aromatic carbocycles. The zero-order valence-electron chi connectivity index (χ0n) is 9.20. The molecular formula is C12H14ClN3. The molecule has 1 unspecified atom stereocenters. The summed E-state index contributed by atoms with van der Waals surface area (Å²) in [7, 11) is 1.95.